The highest BCUT2D eigenvalue weighted by atomic mass is 79.9. The topological polar surface area (TPSA) is 108 Å². The highest BCUT2D eigenvalue weighted by Gasteiger charge is 2.76. The maximum absolute atomic E-state index is 13.4. The number of fused-ring (bicyclic) bond motifs is 1. The molecular weight excluding hydrogens is 430 g/mol. The molecule has 0 saturated carbocycles. The molecule has 9 heteroatoms. The zero-order valence-corrected chi connectivity index (χ0v) is 18.4. The van der Waals surface area contributed by atoms with Gasteiger partial charge in [-0.05, 0) is 33.6 Å². The minimum Gasteiger partial charge on any atom is -0.394 e. The van der Waals surface area contributed by atoms with Crippen LogP contribution in [0.2, 0.25) is 0 Å². The van der Waals surface area contributed by atoms with Gasteiger partial charge in [0.05, 0.1) is 30.6 Å². The fraction of sp³-hybridized carbons (Fsp3) is 0.842. The maximum atomic E-state index is 13.4. The molecule has 0 radical (unpaired) electrons. The van der Waals surface area contributed by atoms with Crippen molar-refractivity contribution in [3.63, 3.8) is 0 Å². The second-order valence-corrected chi connectivity index (χ2v) is 9.57. The van der Waals surface area contributed by atoms with E-state index in [1.165, 1.54) is 4.90 Å². The lowest BCUT2D eigenvalue weighted by molar-refractivity contribution is -0.145. The molecule has 3 N–H and O–H groups in total. The van der Waals surface area contributed by atoms with E-state index in [0.29, 0.717) is 13.0 Å². The van der Waals surface area contributed by atoms with Gasteiger partial charge in [-0.25, -0.2) is 0 Å². The quantitative estimate of drug-likeness (QED) is 0.470. The van der Waals surface area contributed by atoms with E-state index < -0.39 is 35.6 Å². The van der Waals surface area contributed by atoms with Crippen LogP contribution in [0.25, 0.3) is 0 Å². The minimum absolute atomic E-state index is 0.105. The molecule has 0 aromatic heterocycles. The van der Waals surface area contributed by atoms with E-state index in [0.717, 1.165) is 6.42 Å². The van der Waals surface area contributed by atoms with Crippen LogP contribution < -0.4 is 10.6 Å². The van der Waals surface area contributed by atoms with E-state index in [2.05, 4.69) is 26.6 Å². The van der Waals surface area contributed by atoms with E-state index in [4.69, 9.17) is 4.74 Å². The average molecular weight is 460 g/mol. The molecule has 3 heterocycles. The van der Waals surface area contributed by atoms with Gasteiger partial charge in [0.15, 0.2) is 0 Å². The molecule has 28 heavy (non-hydrogen) atoms. The minimum atomic E-state index is -1.06. The summed E-state index contributed by atoms with van der Waals surface area (Å²) in [5.74, 6) is -2.18. The first-order chi connectivity index (χ1) is 13.2. The third-order valence-electron chi connectivity index (χ3n) is 6.00. The summed E-state index contributed by atoms with van der Waals surface area (Å²) in [5.41, 5.74) is -1.06. The number of carbonyl (C=O) groups is 3. The fourth-order valence-electron chi connectivity index (χ4n) is 4.96. The smallest absolute Gasteiger partial charge is 0.246 e. The van der Waals surface area contributed by atoms with Crippen molar-refractivity contribution in [1.29, 1.82) is 0 Å². The Kier molecular flexibility index (Phi) is 6.08. The normalized spacial score (nSPS) is 37.3. The van der Waals surface area contributed by atoms with Gasteiger partial charge in [-0.3, -0.25) is 14.4 Å². The third-order valence-corrected chi connectivity index (χ3v) is 6.84. The molecule has 3 amide bonds. The van der Waals surface area contributed by atoms with E-state index in [9.17, 15) is 19.5 Å². The van der Waals surface area contributed by atoms with Gasteiger partial charge >= 0.3 is 0 Å². The molecule has 0 aromatic carbocycles. The predicted molar refractivity (Wildman–Crippen MR) is 106 cm³/mol. The number of aliphatic hydroxyl groups excluding tert-OH is 1. The Bertz CT molecular complexity index is 659. The van der Waals surface area contributed by atoms with E-state index in [1.807, 2.05) is 20.8 Å². The van der Waals surface area contributed by atoms with Crippen molar-refractivity contribution >= 4 is 33.7 Å². The molecule has 0 aromatic rings. The summed E-state index contributed by atoms with van der Waals surface area (Å²) in [6, 6.07) is -1.53. The number of carbonyl (C=O) groups excluding carboxylic acids is 3. The summed E-state index contributed by atoms with van der Waals surface area (Å²) in [4.78, 5) is 40.8. The van der Waals surface area contributed by atoms with Crippen LogP contribution in [0.15, 0.2) is 0 Å². The number of rotatable bonds is 7. The van der Waals surface area contributed by atoms with Crippen molar-refractivity contribution in [2.24, 2.45) is 11.8 Å². The van der Waals surface area contributed by atoms with Crippen LogP contribution in [0.4, 0.5) is 0 Å². The lowest BCUT2D eigenvalue weighted by atomic mass is 9.70. The van der Waals surface area contributed by atoms with E-state index >= 15 is 0 Å². The lowest BCUT2D eigenvalue weighted by Gasteiger charge is -2.36. The Labute approximate surface area is 173 Å². The van der Waals surface area contributed by atoms with Crippen LogP contribution in [-0.4, -0.2) is 75.5 Å². The molecule has 3 aliphatic heterocycles. The van der Waals surface area contributed by atoms with Crippen molar-refractivity contribution in [3.8, 4) is 0 Å². The van der Waals surface area contributed by atoms with Crippen LogP contribution in [0.5, 0.6) is 0 Å². The first kappa shape index (κ1) is 21.5. The van der Waals surface area contributed by atoms with Gasteiger partial charge in [-0.15, -0.1) is 0 Å². The van der Waals surface area contributed by atoms with Crippen LogP contribution >= 0.6 is 15.9 Å². The van der Waals surface area contributed by atoms with Crippen molar-refractivity contribution in [2.75, 3.05) is 13.2 Å². The van der Waals surface area contributed by atoms with Gasteiger partial charge in [0.1, 0.15) is 11.6 Å². The Balaban J connectivity index is 2.03. The monoisotopic (exact) mass is 459 g/mol. The molecule has 3 fully saturated rings. The zero-order chi connectivity index (χ0) is 20.8. The standard InChI is InChI=1S/C19H30BrN3O5/c1-5-6-21-16(25)12-13-18(27)23(10(4)8-24)15(17(26)22-9(2)3)19(13)7-11(20)14(12)28-19/h9-15,24H,5-8H2,1-4H3,(H,21,25)(H,22,26)/t10-,11?,12-,13+,14-,15?,19?/m1/s1. The van der Waals surface area contributed by atoms with Crippen molar-refractivity contribution in [2.45, 2.75) is 75.2 Å². The summed E-state index contributed by atoms with van der Waals surface area (Å²) in [6.07, 6.45) is 0.807. The number of ether oxygens (including phenoxy) is 1. The van der Waals surface area contributed by atoms with Crippen LogP contribution in [0, 0.1) is 11.8 Å². The fourth-order valence-corrected chi connectivity index (χ4v) is 5.90. The molecule has 8 nitrogen and oxygen atoms in total. The second-order valence-electron chi connectivity index (χ2n) is 8.39. The van der Waals surface area contributed by atoms with E-state index in [1.54, 1.807) is 6.92 Å². The molecular formula is C19H30BrN3O5. The number of nitrogens with one attached hydrogen (secondary N) is 2. The molecule has 3 rings (SSSR count). The zero-order valence-electron chi connectivity index (χ0n) is 16.8. The summed E-state index contributed by atoms with van der Waals surface area (Å²) >= 11 is 3.61. The van der Waals surface area contributed by atoms with Gasteiger partial charge in [-0.2, -0.15) is 0 Å². The Morgan fingerprint density at radius 1 is 1.36 bits per heavy atom. The maximum Gasteiger partial charge on any atom is 0.246 e. The molecule has 3 aliphatic rings. The molecule has 1 spiro atoms. The van der Waals surface area contributed by atoms with Crippen LogP contribution in [0.1, 0.15) is 40.5 Å². The largest absolute Gasteiger partial charge is 0.394 e. The van der Waals surface area contributed by atoms with Gasteiger partial charge in [0, 0.05) is 17.4 Å². The van der Waals surface area contributed by atoms with Crippen molar-refractivity contribution < 1.29 is 24.2 Å². The number of halogens is 1. The average Bonchev–Trinajstić information content (AvgIpc) is 3.21. The van der Waals surface area contributed by atoms with Crippen LogP contribution in [0.3, 0.4) is 0 Å². The van der Waals surface area contributed by atoms with Gasteiger partial charge < -0.3 is 25.4 Å². The number of likely N-dealkylation sites (tertiary alicyclic amines) is 1. The van der Waals surface area contributed by atoms with Crippen molar-refractivity contribution in [3.05, 3.63) is 0 Å². The molecule has 3 unspecified atom stereocenters. The number of hydrogen-bond donors (Lipinski definition) is 3. The first-order valence-corrected chi connectivity index (χ1v) is 10.9. The number of alkyl halides is 1. The van der Waals surface area contributed by atoms with Gasteiger partial charge in [0.2, 0.25) is 17.7 Å². The second kappa shape index (κ2) is 7.91. The molecule has 7 atom stereocenters. The molecule has 0 aliphatic carbocycles. The lowest BCUT2D eigenvalue weighted by Crippen LogP contribution is -2.58. The molecule has 158 valence electrons. The summed E-state index contributed by atoms with van der Waals surface area (Å²) in [5, 5.41) is 15.5. The Morgan fingerprint density at radius 2 is 2.04 bits per heavy atom. The summed E-state index contributed by atoms with van der Waals surface area (Å²) in [6.45, 7) is 7.63. The van der Waals surface area contributed by atoms with Gasteiger partial charge in [0.25, 0.3) is 0 Å². The highest BCUT2D eigenvalue weighted by Crippen LogP contribution is 2.60. The van der Waals surface area contributed by atoms with Crippen LogP contribution in [-0.2, 0) is 19.1 Å². The van der Waals surface area contributed by atoms with Crippen molar-refractivity contribution in [1.82, 2.24) is 15.5 Å². The van der Waals surface area contributed by atoms with Gasteiger partial charge in [-0.1, -0.05) is 22.9 Å². The number of hydrogen-bond acceptors (Lipinski definition) is 5. The molecule has 3 saturated heterocycles. The number of nitrogens with zero attached hydrogens (tertiary/aromatic N) is 1. The Hall–Kier alpha value is -1.19. The Morgan fingerprint density at radius 3 is 2.61 bits per heavy atom. The summed E-state index contributed by atoms with van der Waals surface area (Å²) < 4.78 is 6.31. The number of amides is 3. The molecule has 2 bridgehead atoms. The SMILES string of the molecule is CCCNC(=O)[C@H]1[C@@H]2OC3(CC2Br)C(C(=O)NC(C)C)N([C@H](C)CO)C(=O)[C@H]13. The summed E-state index contributed by atoms with van der Waals surface area (Å²) in [7, 11) is 0. The predicted octanol–water partition coefficient (Wildman–Crippen LogP) is 0.166. The first-order valence-electron chi connectivity index (χ1n) is 10.0. The highest BCUT2D eigenvalue weighted by molar-refractivity contribution is 9.09. The number of aliphatic hydroxyl groups is 1. The van der Waals surface area contributed by atoms with E-state index in [-0.39, 0.29) is 35.2 Å². The third kappa shape index (κ3) is 3.15.